The minimum Gasteiger partial charge on any atom is -0.493 e. The van der Waals surface area contributed by atoms with E-state index >= 15 is 0 Å². The number of amides is 1. The Morgan fingerprint density at radius 3 is 2.12 bits per heavy atom. The molecule has 2 rings (SSSR count). The molecule has 1 fully saturated rings. The molecule has 1 aromatic carbocycles. The Kier molecular flexibility index (Phi) is 7.21. The van der Waals surface area contributed by atoms with Crippen LogP contribution in [-0.2, 0) is 0 Å². The third-order valence-corrected chi connectivity index (χ3v) is 5.24. The van der Waals surface area contributed by atoms with Gasteiger partial charge in [-0.3, -0.25) is 4.79 Å². The zero-order valence-electron chi connectivity index (χ0n) is 14.6. The summed E-state index contributed by atoms with van der Waals surface area (Å²) in [5.41, 5.74) is 0.492. The highest BCUT2D eigenvalue weighted by atomic mass is 79.9. The van der Waals surface area contributed by atoms with Crippen LogP contribution in [0.25, 0.3) is 0 Å². The van der Waals surface area contributed by atoms with E-state index in [0.717, 1.165) is 12.8 Å². The summed E-state index contributed by atoms with van der Waals surface area (Å²) >= 11 is 3.47. The molecule has 6 heteroatoms. The predicted molar refractivity (Wildman–Crippen MR) is 97.4 cm³/mol. The highest BCUT2D eigenvalue weighted by molar-refractivity contribution is 9.10. The summed E-state index contributed by atoms with van der Waals surface area (Å²) in [5.74, 6) is 1.28. The van der Waals surface area contributed by atoms with E-state index in [-0.39, 0.29) is 11.9 Å². The predicted octanol–water partition coefficient (Wildman–Crippen LogP) is 4.32. The van der Waals surface area contributed by atoms with Crippen molar-refractivity contribution >= 4 is 21.8 Å². The van der Waals surface area contributed by atoms with Gasteiger partial charge in [0.2, 0.25) is 5.75 Å². The lowest BCUT2D eigenvalue weighted by Gasteiger charge is -2.22. The number of benzene rings is 1. The van der Waals surface area contributed by atoms with Gasteiger partial charge in [-0.15, -0.1) is 0 Å². The van der Waals surface area contributed by atoms with Crippen LogP contribution >= 0.6 is 15.9 Å². The van der Waals surface area contributed by atoms with Crippen LogP contribution in [0.5, 0.6) is 17.2 Å². The van der Waals surface area contributed by atoms with Gasteiger partial charge in [0.25, 0.3) is 5.91 Å². The summed E-state index contributed by atoms with van der Waals surface area (Å²) in [6, 6.07) is 1.91. The van der Waals surface area contributed by atoms with Gasteiger partial charge in [-0.2, -0.15) is 0 Å². The topological polar surface area (TPSA) is 56.8 Å². The number of carbonyl (C=O) groups is 1. The third kappa shape index (κ3) is 4.35. The first-order chi connectivity index (χ1) is 11.6. The van der Waals surface area contributed by atoms with Crippen LogP contribution in [0.4, 0.5) is 0 Å². The van der Waals surface area contributed by atoms with Gasteiger partial charge in [0.1, 0.15) is 0 Å². The van der Waals surface area contributed by atoms with Gasteiger partial charge in [-0.05, 0) is 34.8 Å². The van der Waals surface area contributed by atoms with E-state index < -0.39 is 0 Å². The van der Waals surface area contributed by atoms with Crippen LogP contribution in [0, 0.1) is 0 Å². The molecular weight excluding hydrogens is 374 g/mol. The van der Waals surface area contributed by atoms with Crippen LogP contribution in [0.3, 0.4) is 0 Å². The number of carbonyl (C=O) groups excluding carboxylic acids is 1. The number of rotatable bonds is 5. The molecule has 1 N–H and O–H groups in total. The molecule has 0 saturated heterocycles. The maximum atomic E-state index is 12.8. The summed E-state index contributed by atoms with van der Waals surface area (Å²) in [6.07, 6.45) is 8.21. The molecule has 0 atom stereocenters. The molecule has 1 aromatic rings. The lowest BCUT2D eigenvalue weighted by atomic mass is 9.96. The molecule has 134 valence electrons. The molecule has 24 heavy (non-hydrogen) atoms. The van der Waals surface area contributed by atoms with Crippen molar-refractivity contribution < 1.29 is 19.0 Å². The third-order valence-electron chi connectivity index (χ3n) is 4.45. The van der Waals surface area contributed by atoms with E-state index in [1.807, 2.05) is 0 Å². The summed E-state index contributed by atoms with van der Waals surface area (Å²) in [5, 5.41) is 3.16. The number of halogens is 1. The van der Waals surface area contributed by atoms with Crippen molar-refractivity contribution in [2.45, 2.75) is 51.0 Å². The van der Waals surface area contributed by atoms with Crippen LogP contribution in [0.1, 0.15) is 55.3 Å². The molecule has 0 heterocycles. The number of nitrogens with one attached hydrogen (secondary N) is 1. The Morgan fingerprint density at radius 2 is 1.58 bits per heavy atom. The molecule has 0 aromatic heterocycles. The van der Waals surface area contributed by atoms with Gasteiger partial charge < -0.3 is 19.5 Å². The van der Waals surface area contributed by atoms with Crippen molar-refractivity contribution in [1.82, 2.24) is 5.32 Å². The van der Waals surface area contributed by atoms with Crippen molar-refractivity contribution in [3.05, 3.63) is 16.1 Å². The summed E-state index contributed by atoms with van der Waals surface area (Å²) in [7, 11) is 4.63. The Morgan fingerprint density at radius 1 is 1.00 bits per heavy atom. The van der Waals surface area contributed by atoms with Crippen LogP contribution < -0.4 is 19.5 Å². The Bertz CT molecular complexity index is 569. The average molecular weight is 400 g/mol. The molecule has 0 spiro atoms. The van der Waals surface area contributed by atoms with Crippen LogP contribution in [0.2, 0.25) is 0 Å². The van der Waals surface area contributed by atoms with Gasteiger partial charge in [-0.25, -0.2) is 0 Å². The van der Waals surface area contributed by atoms with Crippen LogP contribution in [0.15, 0.2) is 10.5 Å². The van der Waals surface area contributed by atoms with Gasteiger partial charge in [-0.1, -0.05) is 32.1 Å². The fraction of sp³-hybridized carbons (Fsp3) is 0.611. The minimum absolute atomic E-state index is 0.119. The number of methoxy groups -OCH3 is 3. The first kappa shape index (κ1) is 18.9. The van der Waals surface area contributed by atoms with Crippen molar-refractivity contribution in [1.29, 1.82) is 0 Å². The van der Waals surface area contributed by atoms with Crippen molar-refractivity contribution in [3.8, 4) is 17.2 Å². The maximum Gasteiger partial charge on any atom is 0.252 e. The molecule has 0 aliphatic heterocycles. The largest absolute Gasteiger partial charge is 0.493 e. The maximum absolute atomic E-state index is 12.8. The molecule has 0 bridgehead atoms. The van der Waals surface area contributed by atoms with E-state index in [4.69, 9.17) is 14.2 Å². The van der Waals surface area contributed by atoms with Crippen molar-refractivity contribution in [3.63, 3.8) is 0 Å². The minimum atomic E-state index is -0.119. The molecule has 5 nitrogen and oxygen atoms in total. The summed E-state index contributed by atoms with van der Waals surface area (Å²) in [6.45, 7) is 0. The van der Waals surface area contributed by atoms with Gasteiger partial charge in [0, 0.05) is 6.04 Å². The second-order valence-electron chi connectivity index (χ2n) is 6.02. The highest BCUT2D eigenvalue weighted by Gasteiger charge is 2.24. The number of hydrogen-bond acceptors (Lipinski definition) is 4. The van der Waals surface area contributed by atoms with Crippen LogP contribution in [-0.4, -0.2) is 33.3 Å². The monoisotopic (exact) mass is 399 g/mol. The lowest BCUT2D eigenvalue weighted by Crippen LogP contribution is -2.35. The normalized spacial score (nSPS) is 16.0. The quantitative estimate of drug-likeness (QED) is 0.800. The smallest absolute Gasteiger partial charge is 0.252 e. The fourth-order valence-electron chi connectivity index (χ4n) is 3.15. The summed E-state index contributed by atoms with van der Waals surface area (Å²) < 4.78 is 16.7. The molecule has 0 unspecified atom stereocenters. The van der Waals surface area contributed by atoms with E-state index in [9.17, 15) is 4.79 Å². The van der Waals surface area contributed by atoms with Gasteiger partial charge >= 0.3 is 0 Å². The molecule has 1 saturated carbocycles. The Labute approximate surface area is 152 Å². The molecule has 1 aliphatic rings. The highest BCUT2D eigenvalue weighted by Crippen LogP contribution is 2.44. The first-order valence-corrected chi connectivity index (χ1v) is 9.21. The zero-order valence-corrected chi connectivity index (χ0v) is 16.2. The van der Waals surface area contributed by atoms with E-state index in [1.54, 1.807) is 27.4 Å². The molecular formula is C18H26BrNO4. The van der Waals surface area contributed by atoms with Gasteiger partial charge in [0.15, 0.2) is 11.5 Å². The van der Waals surface area contributed by atoms with E-state index in [0.29, 0.717) is 27.3 Å². The van der Waals surface area contributed by atoms with E-state index in [1.165, 1.54) is 32.1 Å². The second-order valence-corrected chi connectivity index (χ2v) is 6.82. The number of ether oxygens (including phenoxy) is 3. The van der Waals surface area contributed by atoms with Crippen molar-refractivity contribution in [2.24, 2.45) is 0 Å². The van der Waals surface area contributed by atoms with E-state index in [2.05, 4.69) is 21.2 Å². The standard InChI is InChI=1S/C18H26BrNO4/c1-22-14-11-13(15(19)17(24-3)16(14)23-2)18(21)20-12-9-7-5-4-6-8-10-12/h11-12H,4-10H2,1-3H3,(H,20,21). The number of hydrogen-bond donors (Lipinski definition) is 1. The zero-order chi connectivity index (χ0) is 17.5. The molecule has 1 amide bonds. The molecule has 1 aliphatic carbocycles. The summed E-state index contributed by atoms with van der Waals surface area (Å²) in [4.78, 5) is 12.8. The lowest BCUT2D eigenvalue weighted by molar-refractivity contribution is 0.0928. The SMILES string of the molecule is COc1cc(C(=O)NC2CCCCCCC2)c(Br)c(OC)c1OC. The Balaban J connectivity index is 2.24. The second kappa shape index (κ2) is 9.16. The first-order valence-electron chi connectivity index (χ1n) is 8.41. The molecule has 0 radical (unpaired) electrons. The fourth-order valence-corrected chi connectivity index (χ4v) is 3.79. The van der Waals surface area contributed by atoms with Crippen molar-refractivity contribution in [2.75, 3.05) is 21.3 Å². The average Bonchev–Trinajstić information content (AvgIpc) is 2.56. The Hall–Kier alpha value is -1.43. The van der Waals surface area contributed by atoms with Gasteiger partial charge in [0.05, 0.1) is 31.4 Å².